The predicted octanol–water partition coefficient (Wildman–Crippen LogP) is 2.33. The Bertz CT molecular complexity index is 550. The summed E-state index contributed by atoms with van der Waals surface area (Å²) in [6, 6.07) is 0.554. The first-order valence-electron chi connectivity index (χ1n) is 8.86. The minimum atomic E-state index is 0. The first-order chi connectivity index (χ1) is 11.4. The van der Waals surface area contributed by atoms with Gasteiger partial charge in [0, 0.05) is 25.1 Å². The van der Waals surface area contributed by atoms with Crippen LogP contribution in [0.3, 0.4) is 0 Å². The van der Waals surface area contributed by atoms with Crippen LogP contribution in [-0.2, 0) is 11.3 Å². The quantitative estimate of drug-likeness (QED) is 0.396. The Hall–Kier alpha value is -0.900. The molecule has 2 heterocycles. The molecule has 2 aliphatic carbocycles. The van der Waals surface area contributed by atoms with Crippen molar-refractivity contribution in [3.05, 3.63) is 11.7 Å². The van der Waals surface area contributed by atoms with Crippen LogP contribution >= 0.6 is 24.0 Å². The van der Waals surface area contributed by atoms with E-state index in [4.69, 9.17) is 9.26 Å². The van der Waals surface area contributed by atoms with Crippen molar-refractivity contribution in [1.82, 2.24) is 20.8 Å². The number of halogens is 1. The van der Waals surface area contributed by atoms with Gasteiger partial charge in [0.2, 0.25) is 5.89 Å². The molecule has 7 nitrogen and oxygen atoms in total. The summed E-state index contributed by atoms with van der Waals surface area (Å²) in [7, 11) is 0. The summed E-state index contributed by atoms with van der Waals surface area (Å²) in [5.74, 6) is 2.78. The lowest BCUT2D eigenvalue weighted by Gasteiger charge is -2.23. The molecule has 134 valence electrons. The van der Waals surface area contributed by atoms with Crippen molar-refractivity contribution in [2.45, 2.75) is 69.6 Å². The highest BCUT2D eigenvalue weighted by Gasteiger charge is 2.28. The number of hydrogen-bond donors (Lipinski definition) is 2. The van der Waals surface area contributed by atoms with Crippen molar-refractivity contribution >= 4 is 29.9 Å². The van der Waals surface area contributed by atoms with Crippen LogP contribution in [0.15, 0.2) is 9.52 Å². The summed E-state index contributed by atoms with van der Waals surface area (Å²) in [4.78, 5) is 9.02. The maximum absolute atomic E-state index is 5.76. The third kappa shape index (κ3) is 5.30. The standard InChI is InChI=1S/C16H25N5O2.HI/c1-2-8-22-13(3-1)9-17-16(19-12-6-7-12)18-10-14-20-15(21-23-14)11-4-5-11;/h11-13H,1-10H2,(H2,17,18,19);1H. The van der Waals surface area contributed by atoms with Crippen LogP contribution in [0.5, 0.6) is 0 Å². The van der Waals surface area contributed by atoms with Crippen LogP contribution in [0.1, 0.15) is 62.6 Å². The van der Waals surface area contributed by atoms with Crippen LogP contribution in [-0.4, -0.2) is 41.4 Å². The first kappa shape index (κ1) is 17.9. The lowest BCUT2D eigenvalue weighted by molar-refractivity contribution is 0.0194. The SMILES string of the molecule is C1CCC(CNC(=NCc2nc(C3CC3)no2)NC2CC2)OC1.I. The molecule has 4 rings (SSSR count). The van der Waals surface area contributed by atoms with E-state index < -0.39 is 0 Å². The molecule has 3 fully saturated rings. The summed E-state index contributed by atoms with van der Waals surface area (Å²) in [5, 5.41) is 10.9. The first-order valence-corrected chi connectivity index (χ1v) is 8.86. The molecule has 1 aliphatic heterocycles. The summed E-state index contributed by atoms with van der Waals surface area (Å²) in [6.45, 7) is 2.10. The van der Waals surface area contributed by atoms with Crippen LogP contribution < -0.4 is 10.6 Å². The molecule has 0 amide bonds. The fraction of sp³-hybridized carbons (Fsp3) is 0.812. The Morgan fingerprint density at radius 1 is 1.17 bits per heavy atom. The molecule has 0 bridgehead atoms. The minimum absolute atomic E-state index is 0. The maximum Gasteiger partial charge on any atom is 0.248 e. The van der Waals surface area contributed by atoms with E-state index in [-0.39, 0.29) is 24.0 Å². The average molecular weight is 447 g/mol. The highest BCUT2D eigenvalue weighted by Crippen LogP contribution is 2.38. The van der Waals surface area contributed by atoms with Gasteiger partial charge in [0.1, 0.15) is 6.54 Å². The van der Waals surface area contributed by atoms with Gasteiger partial charge in [-0.15, -0.1) is 24.0 Å². The van der Waals surface area contributed by atoms with Crippen LogP contribution in [0, 0.1) is 0 Å². The minimum Gasteiger partial charge on any atom is -0.376 e. The normalized spacial score (nSPS) is 24.3. The van der Waals surface area contributed by atoms with Gasteiger partial charge in [0.15, 0.2) is 11.8 Å². The van der Waals surface area contributed by atoms with E-state index in [0.29, 0.717) is 30.5 Å². The fourth-order valence-electron chi connectivity index (χ4n) is 2.74. The Kier molecular flexibility index (Phi) is 6.31. The second-order valence-corrected chi connectivity index (χ2v) is 6.77. The van der Waals surface area contributed by atoms with Crippen LogP contribution in [0.25, 0.3) is 0 Å². The highest BCUT2D eigenvalue weighted by molar-refractivity contribution is 14.0. The zero-order valence-electron chi connectivity index (χ0n) is 13.9. The molecule has 8 heteroatoms. The van der Waals surface area contributed by atoms with E-state index >= 15 is 0 Å². The summed E-state index contributed by atoms with van der Waals surface area (Å²) < 4.78 is 11.0. The van der Waals surface area contributed by atoms with E-state index in [9.17, 15) is 0 Å². The van der Waals surface area contributed by atoms with Crippen molar-refractivity contribution in [3.8, 4) is 0 Å². The van der Waals surface area contributed by atoms with Crippen LogP contribution in [0.4, 0.5) is 0 Å². The number of ether oxygens (including phenoxy) is 1. The van der Waals surface area contributed by atoms with Crippen molar-refractivity contribution in [2.75, 3.05) is 13.2 Å². The molecule has 1 aromatic heterocycles. The lowest BCUT2D eigenvalue weighted by Crippen LogP contribution is -2.43. The van der Waals surface area contributed by atoms with Crippen molar-refractivity contribution in [2.24, 2.45) is 4.99 Å². The number of aliphatic imine (C=N–C) groups is 1. The number of aromatic nitrogens is 2. The number of rotatable bonds is 6. The molecule has 1 atom stereocenters. The van der Waals surface area contributed by atoms with Gasteiger partial charge in [-0.3, -0.25) is 0 Å². The molecule has 1 saturated heterocycles. The van der Waals surface area contributed by atoms with E-state index in [1.165, 1.54) is 38.5 Å². The van der Waals surface area contributed by atoms with Crippen LogP contribution in [0.2, 0.25) is 0 Å². The Balaban J connectivity index is 0.00000169. The zero-order chi connectivity index (χ0) is 15.5. The molecule has 1 aromatic rings. The van der Waals surface area contributed by atoms with Crippen molar-refractivity contribution in [1.29, 1.82) is 0 Å². The summed E-state index contributed by atoms with van der Waals surface area (Å²) in [5.41, 5.74) is 0. The second kappa shape index (κ2) is 8.46. The van der Waals surface area contributed by atoms with Gasteiger partial charge in [0.25, 0.3) is 0 Å². The molecule has 0 spiro atoms. The van der Waals surface area contributed by atoms with Gasteiger partial charge >= 0.3 is 0 Å². The molecule has 2 saturated carbocycles. The predicted molar refractivity (Wildman–Crippen MR) is 101 cm³/mol. The lowest BCUT2D eigenvalue weighted by atomic mass is 10.1. The third-order valence-electron chi connectivity index (χ3n) is 4.49. The number of guanidine groups is 1. The fourth-order valence-corrected chi connectivity index (χ4v) is 2.74. The van der Waals surface area contributed by atoms with Gasteiger partial charge in [-0.1, -0.05) is 5.16 Å². The van der Waals surface area contributed by atoms with Gasteiger partial charge in [0.05, 0.1) is 6.10 Å². The third-order valence-corrected chi connectivity index (χ3v) is 4.49. The van der Waals surface area contributed by atoms with E-state index in [2.05, 4.69) is 25.8 Å². The van der Waals surface area contributed by atoms with Gasteiger partial charge < -0.3 is 19.9 Å². The summed E-state index contributed by atoms with van der Waals surface area (Å²) >= 11 is 0. The molecule has 24 heavy (non-hydrogen) atoms. The number of nitrogens with zero attached hydrogens (tertiary/aromatic N) is 3. The Morgan fingerprint density at radius 3 is 2.75 bits per heavy atom. The van der Waals surface area contributed by atoms with Gasteiger partial charge in [-0.2, -0.15) is 4.98 Å². The zero-order valence-corrected chi connectivity index (χ0v) is 16.2. The van der Waals surface area contributed by atoms with E-state index in [0.717, 1.165) is 31.4 Å². The van der Waals surface area contributed by atoms with Crippen molar-refractivity contribution in [3.63, 3.8) is 0 Å². The molecule has 1 unspecified atom stereocenters. The van der Waals surface area contributed by atoms with E-state index in [1.54, 1.807) is 0 Å². The second-order valence-electron chi connectivity index (χ2n) is 6.77. The molecular weight excluding hydrogens is 421 g/mol. The maximum atomic E-state index is 5.76. The molecule has 0 aromatic carbocycles. The molecule has 2 N–H and O–H groups in total. The smallest absolute Gasteiger partial charge is 0.248 e. The molecule has 3 aliphatic rings. The number of hydrogen-bond acceptors (Lipinski definition) is 5. The molecular formula is C16H26IN5O2. The highest BCUT2D eigenvalue weighted by atomic mass is 127. The largest absolute Gasteiger partial charge is 0.376 e. The topological polar surface area (TPSA) is 84.6 Å². The Morgan fingerprint density at radius 2 is 2.04 bits per heavy atom. The molecule has 0 radical (unpaired) electrons. The average Bonchev–Trinajstić information content (AvgIpc) is 3.52. The monoisotopic (exact) mass is 447 g/mol. The number of nitrogens with one attached hydrogen (secondary N) is 2. The summed E-state index contributed by atoms with van der Waals surface area (Å²) in [6.07, 6.45) is 8.64. The van der Waals surface area contributed by atoms with Gasteiger partial charge in [-0.05, 0) is 44.9 Å². The van der Waals surface area contributed by atoms with E-state index in [1.807, 2.05) is 0 Å². The van der Waals surface area contributed by atoms with Crippen molar-refractivity contribution < 1.29 is 9.26 Å². The Labute approximate surface area is 159 Å². The van der Waals surface area contributed by atoms with Gasteiger partial charge in [-0.25, -0.2) is 4.99 Å².